The minimum Gasteiger partial charge on any atom is -0.394 e. The highest BCUT2D eigenvalue weighted by atomic mass is 16.3. The molecule has 2 atom stereocenters. The normalized spacial score (nSPS) is 14.4. The zero-order chi connectivity index (χ0) is 18.3. The van der Waals surface area contributed by atoms with Gasteiger partial charge in [0.1, 0.15) is 0 Å². The Hall–Kier alpha value is -2.40. The lowest BCUT2D eigenvalue weighted by atomic mass is 9.97. The van der Waals surface area contributed by atoms with E-state index in [1.807, 2.05) is 63.2 Å². The number of benzene rings is 1. The van der Waals surface area contributed by atoms with Crippen molar-refractivity contribution in [3.05, 3.63) is 65.5 Å². The summed E-state index contributed by atoms with van der Waals surface area (Å²) < 4.78 is 0. The van der Waals surface area contributed by atoms with E-state index in [0.29, 0.717) is 6.42 Å². The van der Waals surface area contributed by atoms with Crippen molar-refractivity contribution in [2.75, 3.05) is 6.61 Å². The molecule has 0 spiro atoms. The maximum Gasteiger partial charge on any atom is 0.316 e. The van der Waals surface area contributed by atoms with Crippen molar-refractivity contribution in [3.63, 3.8) is 0 Å². The Labute approximate surface area is 149 Å². The Morgan fingerprint density at radius 3 is 2.68 bits per heavy atom. The van der Waals surface area contributed by atoms with Crippen molar-refractivity contribution in [1.29, 1.82) is 0 Å². The third-order valence-electron chi connectivity index (χ3n) is 4.20. The first-order valence-corrected chi connectivity index (χ1v) is 8.64. The average molecular weight is 341 g/mol. The summed E-state index contributed by atoms with van der Waals surface area (Å²) in [4.78, 5) is 17.0. The molecule has 0 saturated heterocycles. The van der Waals surface area contributed by atoms with Crippen LogP contribution in [-0.2, 0) is 0 Å². The number of rotatable bonds is 7. The minimum absolute atomic E-state index is 0.104. The average Bonchev–Trinajstić information content (AvgIpc) is 2.60. The van der Waals surface area contributed by atoms with E-state index in [1.54, 1.807) is 6.20 Å². The molecule has 5 heteroatoms. The van der Waals surface area contributed by atoms with E-state index in [2.05, 4.69) is 15.6 Å². The van der Waals surface area contributed by atoms with Gasteiger partial charge in [-0.1, -0.05) is 49.2 Å². The molecule has 2 amide bonds. The molecule has 3 N–H and O–H groups in total. The number of hydrogen-bond acceptors (Lipinski definition) is 3. The number of aliphatic hydroxyl groups is 1. The molecule has 0 bridgehead atoms. The minimum atomic E-state index is -0.639. The van der Waals surface area contributed by atoms with Crippen LogP contribution in [0.15, 0.2) is 48.7 Å². The van der Waals surface area contributed by atoms with Crippen molar-refractivity contribution in [2.45, 2.75) is 45.2 Å². The number of carbonyl (C=O) groups is 1. The maximum atomic E-state index is 12.6. The van der Waals surface area contributed by atoms with E-state index in [9.17, 15) is 9.90 Å². The van der Waals surface area contributed by atoms with Crippen LogP contribution in [0.5, 0.6) is 0 Å². The van der Waals surface area contributed by atoms with E-state index in [1.165, 1.54) is 0 Å². The lowest BCUT2D eigenvalue weighted by Crippen LogP contribution is -2.53. The number of aryl methyl sites for hydroxylation is 1. The van der Waals surface area contributed by atoms with Crippen molar-refractivity contribution < 1.29 is 9.90 Å². The van der Waals surface area contributed by atoms with Gasteiger partial charge in [0, 0.05) is 6.20 Å². The zero-order valence-electron chi connectivity index (χ0n) is 15.1. The molecule has 0 radical (unpaired) electrons. The van der Waals surface area contributed by atoms with Crippen LogP contribution < -0.4 is 10.6 Å². The van der Waals surface area contributed by atoms with Gasteiger partial charge in [-0.05, 0) is 38.0 Å². The van der Waals surface area contributed by atoms with Crippen LogP contribution >= 0.6 is 0 Å². The third-order valence-corrected chi connectivity index (χ3v) is 4.20. The number of nitrogens with one attached hydrogen (secondary N) is 2. The molecule has 1 aromatic carbocycles. The van der Waals surface area contributed by atoms with E-state index < -0.39 is 5.54 Å². The highest BCUT2D eigenvalue weighted by molar-refractivity contribution is 5.75. The lowest BCUT2D eigenvalue weighted by molar-refractivity contribution is 0.162. The van der Waals surface area contributed by atoms with Gasteiger partial charge in [0.25, 0.3) is 0 Å². The van der Waals surface area contributed by atoms with Crippen LogP contribution in [0.3, 0.4) is 0 Å². The topological polar surface area (TPSA) is 74.2 Å². The van der Waals surface area contributed by atoms with Gasteiger partial charge in [-0.25, -0.2) is 4.79 Å². The predicted molar refractivity (Wildman–Crippen MR) is 99.3 cm³/mol. The number of aromatic nitrogens is 1. The Bertz CT molecular complexity index is 690. The zero-order valence-corrected chi connectivity index (χ0v) is 15.1. The third kappa shape index (κ3) is 5.29. The highest BCUT2D eigenvalue weighted by Crippen LogP contribution is 2.21. The van der Waals surface area contributed by atoms with E-state index >= 15 is 0 Å². The van der Waals surface area contributed by atoms with Gasteiger partial charge in [-0.15, -0.1) is 0 Å². The molecule has 2 aromatic rings. The molecule has 0 aliphatic heterocycles. The van der Waals surface area contributed by atoms with Gasteiger partial charge in [0.05, 0.1) is 23.9 Å². The number of urea groups is 1. The van der Waals surface area contributed by atoms with Gasteiger partial charge in [-0.3, -0.25) is 4.98 Å². The Kier molecular flexibility index (Phi) is 6.53. The molecule has 2 rings (SSSR count). The fourth-order valence-electron chi connectivity index (χ4n) is 2.90. The van der Waals surface area contributed by atoms with Gasteiger partial charge in [0.15, 0.2) is 0 Å². The SMILES string of the molecule is CCCC(C)(CO)NC(=O)NC(c1cccc(C)c1)c1ccccn1. The second kappa shape index (κ2) is 8.62. The van der Waals surface area contributed by atoms with E-state index in [0.717, 1.165) is 23.2 Å². The van der Waals surface area contributed by atoms with Crippen LogP contribution in [0, 0.1) is 6.92 Å². The van der Waals surface area contributed by atoms with Gasteiger partial charge >= 0.3 is 6.03 Å². The van der Waals surface area contributed by atoms with Gasteiger partial charge in [-0.2, -0.15) is 0 Å². The Morgan fingerprint density at radius 2 is 2.08 bits per heavy atom. The first-order chi connectivity index (χ1) is 12.0. The number of hydrogen-bond donors (Lipinski definition) is 3. The summed E-state index contributed by atoms with van der Waals surface area (Å²) in [5, 5.41) is 15.5. The van der Waals surface area contributed by atoms with Crippen LogP contribution in [0.25, 0.3) is 0 Å². The molecule has 25 heavy (non-hydrogen) atoms. The molecule has 1 aromatic heterocycles. The summed E-state index contributed by atoms with van der Waals surface area (Å²) in [5.41, 5.74) is 2.21. The van der Waals surface area contributed by atoms with Crippen molar-refractivity contribution in [2.24, 2.45) is 0 Å². The first-order valence-electron chi connectivity index (χ1n) is 8.64. The fourth-order valence-corrected chi connectivity index (χ4v) is 2.90. The molecular formula is C20H27N3O2. The molecule has 1 heterocycles. The molecule has 2 unspecified atom stereocenters. The van der Waals surface area contributed by atoms with E-state index in [-0.39, 0.29) is 18.7 Å². The number of amides is 2. The summed E-state index contributed by atoms with van der Waals surface area (Å²) in [5.74, 6) is 0. The molecule has 5 nitrogen and oxygen atoms in total. The van der Waals surface area contributed by atoms with Crippen molar-refractivity contribution in [3.8, 4) is 0 Å². The smallest absolute Gasteiger partial charge is 0.316 e. The molecule has 0 aliphatic carbocycles. The quantitative estimate of drug-likeness (QED) is 0.723. The van der Waals surface area contributed by atoms with Gasteiger partial charge in [0.2, 0.25) is 0 Å². The molecular weight excluding hydrogens is 314 g/mol. The summed E-state index contributed by atoms with van der Waals surface area (Å²) in [7, 11) is 0. The van der Waals surface area contributed by atoms with Gasteiger partial charge < -0.3 is 15.7 Å². The monoisotopic (exact) mass is 341 g/mol. The first kappa shape index (κ1) is 18.9. The van der Waals surface area contributed by atoms with Crippen LogP contribution in [-0.4, -0.2) is 28.3 Å². The highest BCUT2D eigenvalue weighted by Gasteiger charge is 2.26. The summed E-state index contributed by atoms with van der Waals surface area (Å²) >= 11 is 0. The molecule has 134 valence electrons. The second-order valence-electron chi connectivity index (χ2n) is 6.67. The van der Waals surface area contributed by atoms with Crippen molar-refractivity contribution >= 4 is 6.03 Å². The molecule has 0 saturated carbocycles. The van der Waals surface area contributed by atoms with E-state index in [4.69, 9.17) is 0 Å². The standard InChI is InChI=1S/C20H27N3O2/c1-4-11-20(3,14-24)23-19(25)22-18(17-10-5-6-12-21-17)16-9-7-8-15(2)13-16/h5-10,12-13,18,24H,4,11,14H2,1-3H3,(H2,22,23,25). The molecule has 0 fully saturated rings. The second-order valence-corrected chi connectivity index (χ2v) is 6.67. The summed E-state index contributed by atoms with van der Waals surface area (Å²) in [6, 6.07) is 13.0. The largest absolute Gasteiger partial charge is 0.394 e. The maximum absolute atomic E-state index is 12.6. The van der Waals surface area contributed by atoms with Crippen LogP contribution in [0.2, 0.25) is 0 Å². The lowest BCUT2D eigenvalue weighted by Gasteiger charge is -2.30. The predicted octanol–water partition coefficient (Wildman–Crippen LogP) is 3.33. The molecule has 0 aliphatic rings. The number of carbonyl (C=O) groups excluding carboxylic acids is 1. The summed E-state index contributed by atoms with van der Waals surface area (Å²) in [6.07, 6.45) is 3.29. The summed E-state index contributed by atoms with van der Waals surface area (Å²) in [6.45, 7) is 5.78. The van der Waals surface area contributed by atoms with Crippen molar-refractivity contribution in [1.82, 2.24) is 15.6 Å². The van der Waals surface area contributed by atoms with Crippen LogP contribution in [0.1, 0.15) is 49.6 Å². The number of pyridine rings is 1. The Morgan fingerprint density at radius 1 is 1.28 bits per heavy atom. The Balaban J connectivity index is 2.23. The number of nitrogens with zero attached hydrogens (tertiary/aromatic N) is 1. The van der Waals surface area contributed by atoms with Crippen LogP contribution in [0.4, 0.5) is 4.79 Å². The number of aliphatic hydroxyl groups excluding tert-OH is 1. The fraction of sp³-hybridized carbons (Fsp3) is 0.400.